The van der Waals surface area contributed by atoms with Gasteiger partial charge in [0, 0.05) is 36.4 Å². The van der Waals surface area contributed by atoms with Crippen LogP contribution < -0.4 is 20.1 Å². The fourth-order valence-corrected chi connectivity index (χ4v) is 3.80. The minimum absolute atomic E-state index is 0.0485. The second-order valence-electron chi connectivity index (χ2n) is 8.34. The third-order valence-electron chi connectivity index (χ3n) is 5.61. The normalized spacial score (nSPS) is 13.0. The number of benzene rings is 2. The van der Waals surface area contributed by atoms with E-state index in [0.717, 1.165) is 29.7 Å². The fraction of sp³-hybridized carbons (Fsp3) is 0.462. The number of para-hydroxylation sites is 1. The van der Waals surface area contributed by atoms with Crippen molar-refractivity contribution in [2.24, 2.45) is 0 Å². The van der Waals surface area contributed by atoms with E-state index in [4.69, 9.17) is 9.47 Å². The lowest BCUT2D eigenvalue weighted by Gasteiger charge is -2.22. The van der Waals surface area contributed by atoms with E-state index in [0.29, 0.717) is 49.4 Å². The van der Waals surface area contributed by atoms with Gasteiger partial charge in [0.2, 0.25) is 11.8 Å². The molecule has 7 nitrogen and oxygen atoms in total. The number of nitrogens with one attached hydrogen (secondary N) is 2. The molecule has 7 heteroatoms. The minimum atomic E-state index is -0.0950. The maximum absolute atomic E-state index is 12.7. The van der Waals surface area contributed by atoms with Gasteiger partial charge in [-0.15, -0.1) is 0 Å². The maximum atomic E-state index is 12.7. The van der Waals surface area contributed by atoms with Crippen LogP contribution in [-0.4, -0.2) is 49.1 Å². The van der Waals surface area contributed by atoms with Crippen molar-refractivity contribution in [3.05, 3.63) is 47.5 Å². The molecule has 1 saturated carbocycles. The summed E-state index contributed by atoms with van der Waals surface area (Å²) >= 11 is 0. The number of carbonyl (C=O) groups excluding carboxylic acids is 2. The third kappa shape index (κ3) is 7.22. The summed E-state index contributed by atoms with van der Waals surface area (Å²) in [5.74, 6) is 1.13. The quantitative estimate of drug-likeness (QED) is 0.494. The Labute approximate surface area is 196 Å². The lowest BCUT2D eigenvalue weighted by atomic mass is 10.1. The summed E-state index contributed by atoms with van der Waals surface area (Å²) in [6, 6.07) is 11.7. The highest BCUT2D eigenvalue weighted by Gasteiger charge is 2.30. The van der Waals surface area contributed by atoms with Gasteiger partial charge < -0.3 is 20.1 Å². The molecule has 1 aliphatic carbocycles. The zero-order valence-electron chi connectivity index (χ0n) is 20.1. The molecule has 2 aromatic carbocycles. The van der Waals surface area contributed by atoms with Crippen molar-refractivity contribution in [1.29, 1.82) is 0 Å². The van der Waals surface area contributed by atoms with Gasteiger partial charge in [-0.3, -0.25) is 14.5 Å². The van der Waals surface area contributed by atoms with E-state index in [2.05, 4.69) is 15.5 Å². The third-order valence-corrected chi connectivity index (χ3v) is 5.61. The molecule has 33 heavy (non-hydrogen) atoms. The number of nitrogens with zero attached hydrogens (tertiary/aromatic N) is 1. The molecule has 0 bridgehead atoms. The van der Waals surface area contributed by atoms with Crippen molar-refractivity contribution in [3.63, 3.8) is 0 Å². The zero-order chi connectivity index (χ0) is 23.8. The lowest BCUT2D eigenvalue weighted by molar-refractivity contribution is -0.119. The summed E-state index contributed by atoms with van der Waals surface area (Å²) in [5, 5.41) is 5.98. The van der Waals surface area contributed by atoms with E-state index >= 15 is 0 Å². The molecule has 1 aliphatic rings. The van der Waals surface area contributed by atoms with E-state index in [9.17, 15) is 9.59 Å². The van der Waals surface area contributed by atoms with E-state index in [1.54, 1.807) is 12.1 Å². The number of ether oxygens (including phenoxy) is 2. The first-order valence-corrected chi connectivity index (χ1v) is 11.7. The number of amides is 2. The van der Waals surface area contributed by atoms with Crippen molar-refractivity contribution in [3.8, 4) is 11.5 Å². The number of rotatable bonds is 12. The molecule has 2 N–H and O–H groups in total. The van der Waals surface area contributed by atoms with Gasteiger partial charge in [-0.2, -0.15) is 0 Å². The molecule has 178 valence electrons. The van der Waals surface area contributed by atoms with Crippen molar-refractivity contribution in [2.75, 3.05) is 36.9 Å². The highest BCUT2D eigenvalue weighted by atomic mass is 16.5. The SMILES string of the molecule is CCOc1ccc(NC(=O)CCN(CC(=O)Nc2c(C)cccc2C)C2CC2)cc1OCC. The molecular formula is C26H35N3O4. The van der Waals surface area contributed by atoms with E-state index < -0.39 is 0 Å². The van der Waals surface area contributed by atoms with Gasteiger partial charge in [0.25, 0.3) is 0 Å². The van der Waals surface area contributed by atoms with Gasteiger partial charge in [-0.25, -0.2) is 0 Å². The molecule has 0 aliphatic heterocycles. The standard InChI is InChI=1S/C26H35N3O4/c1-5-32-22-13-10-20(16-23(22)33-6-2)27-24(30)14-15-29(21-11-12-21)17-25(31)28-26-18(3)8-7-9-19(26)4/h7-10,13,16,21H,5-6,11-12,14-15,17H2,1-4H3,(H,27,30)(H,28,31). The summed E-state index contributed by atoms with van der Waals surface area (Å²) in [6.45, 7) is 9.67. The monoisotopic (exact) mass is 453 g/mol. The van der Waals surface area contributed by atoms with Crippen LogP contribution in [-0.2, 0) is 9.59 Å². The molecule has 0 unspecified atom stereocenters. The van der Waals surface area contributed by atoms with Crippen molar-refractivity contribution >= 4 is 23.2 Å². The first-order valence-electron chi connectivity index (χ1n) is 11.7. The van der Waals surface area contributed by atoms with Gasteiger partial charge in [-0.05, 0) is 63.8 Å². The number of anilines is 2. The van der Waals surface area contributed by atoms with Crippen LogP contribution in [0, 0.1) is 13.8 Å². The summed E-state index contributed by atoms with van der Waals surface area (Å²) in [6.07, 6.45) is 2.44. The average molecular weight is 454 g/mol. The van der Waals surface area contributed by atoms with Crippen LogP contribution in [0.4, 0.5) is 11.4 Å². The Hall–Kier alpha value is -3.06. The Bertz CT molecular complexity index is 952. The Kier molecular flexibility index (Phi) is 8.72. The molecule has 0 saturated heterocycles. The molecule has 0 spiro atoms. The smallest absolute Gasteiger partial charge is 0.238 e. The largest absolute Gasteiger partial charge is 0.490 e. The van der Waals surface area contributed by atoms with Crippen molar-refractivity contribution in [1.82, 2.24) is 4.90 Å². The molecule has 0 aromatic heterocycles. The summed E-state index contributed by atoms with van der Waals surface area (Å²) in [4.78, 5) is 27.4. The molecule has 0 heterocycles. The highest BCUT2D eigenvalue weighted by Crippen LogP contribution is 2.31. The van der Waals surface area contributed by atoms with Crippen LogP contribution in [0.25, 0.3) is 0 Å². The Morgan fingerprint density at radius 3 is 2.24 bits per heavy atom. The van der Waals surface area contributed by atoms with Gasteiger partial charge in [0.05, 0.1) is 19.8 Å². The van der Waals surface area contributed by atoms with Crippen LogP contribution in [0.15, 0.2) is 36.4 Å². The van der Waals surface area contributed by atoms with Gasteiger partial charge in [0.1, 0.15) is 0 Å². The second-order valence-corrected chi connectivity index (χ2v) is 8.34. The van der Waals surface area contributed by atoms with E-state index in [-0.39, 0.29) is 18.4 Å². The van der Waals surface area contributed by atoms with Gasteiger partial charge in [0.15, 0.2) is 11.5 Å². The maximum Gasteiger partial charge on any atom is 0.238 e. The summed E-state index contributed by atoms with van der Waals surface area (Å²) in [7, 11) is 0. The molecule has 0 radical (unpaired) electrons. The lowest BCUT2D eigenvalue weighted by Crippen LogP contribution is -2.37. The number of carbonyl (C=O) groups is 2. The van der Waals surface area contributed by atoms with Crippen molar-refractivity contribution in [2.45, 2.75) is 53.0 Å². The van der Waals surface area contributed by atoms with Crippen LogP contribution in [0.2, 0.25) is 0 Å². The first-order chi connectivity index (χ1) is 15.9. The average Bonchev–Trinajstić information content (AvgIpc) is 3.61. The summed E-state index contributed by atoms with van der Waals surface area (Å²) < 4.78 is 11.2. The zero-order valence-corrected chi connectivity index (χ0v) is 20.1. The molecule has 0 atom stereocenters. The first kappa shape index (κ1) is 24.6. The number of aryl methyl sites for hydroxylation is 2. The number of hydrogen-bond donors (Lipinski definition) is 2. The van der Waals surface area contributed by atoms with Gasteiger partial charge in [-0.1, -0.05) is 18.2 Å². The highest BCUT2D eigenvalue weighted by molar-refractivity contribution is 5.94. The van der Waals surface area contributed by atoms with Crippen LogP contribution in [0.1, 0.15) is 44.2 Å². The Balaban J connectivity index is 1.54. The Morgan fingerprint density at radius 2 is 1.61 bits per heavy atom. The molecule has 2 amide bonds. The van der Waals surface area contributed by atoms with Gasteiger partial charge >= 0.3 is 0 Å². The molecule has 1 fully saturated rings. The van der Waals surface area contributed by atoms with E-state index in [1.165, 1.54) is 0 Å². The fourth-order valence-electron chi connectivity index (χ4n) is 3.80. The van der Waals surface area contributed by atoms with Crippen LogP contribution in [0.3, 0.4) is 0 Å². The van der Waals surface area contributed by atoms with Crippen LogP contribution >= 0.6 is 0 Å². The number of hydrogen-bond acceptors (Lipinski definition) is 5. The minimum Gasteiger partial charge on any atom is -0.490 e. The van der Waals surface area contributed by atoms with Crippen molar-refractivity contribution < 1.29 is 19.1 Å². The van der Waals surface area contributed by atoms with Crippen LogP contribution in [0.5, 0.6) is 11.5 Å². The second kappa shape index (κ2) is 11.7. The topological polar surface area (TPSA) is 79.9 Å². The predicted molar refractivity (Wildman–Crippen MR) is 131 cm³/mol. The molecule has 2 aromatic rings. The molecule has 3 rings (SSSR count). The predicted octanol–water partition coefficient (Wildman–Crippen LogP) is 4.53. The Morgan fingerprint density at radius 1 is 0.939 bits per heavy atom. The molecular weight excluding hydrogens is 418 g/mol. The van der Waals surface area contributed by atoms with E-state index in [1.807, 2.05) is 52.0 Å². The summed E-state index contributed by atoms with van der Waals surface area (Å²) in [5.41, 5.74) is 3.62.